The van der Waals surface area contributed by atoms with Gasteiger partial charge in [0, 0.05) is 26.1 Å². The Morgan fingerprint density at radius 3 is 2.61 bits per heavy atom. The third kappa shape index (κ3) is 5.06. The molecule has 5 heteroatoms. The lowest BCUT2D eigenvalue weighted by molar-refractivity contribution is -0.139. The Morgan fingerprint density at radius 1 is 1.30 bits per heavy atom. The Hall–Kier alpha value is -1.88. The number of methoxy groups -OCH3 is 1. The minimum atomic E-state index is -0.871. The van der Waals surface area contributed by atoms with Crippen LogP contribution < -0.4 is 0 Å². The van der Waals surface area contributed by atoms with E-state index in [1.54, 1.807) is 12.0 Å². The van der Waals surface area contributed by atoms with Gasteiger partial charge in [0.05, 0.1) is 12.5 Å². The Bertz CT molecular complexity index is 540. The number of ether oxygens (including phenoxy) is 1. The third-order valence-corrected chi connectivity index (χ3v) is 4.42. The molecule has 2 atom stereocenters. The zero-order valence-electron chi connectivity index (χ0n) is 13.8. The zero-order chi connectivity index (χ0) is 16.8. The van der Waals surface area contributed by atoms with Gasteiger partial charge in [0.2, 0.25) is 5.91 Å². The first-order valence-corrected chi connectivity index (χ1v) is 8.09. The van der Waals surface area contributed by atoms with Gasteiger partial charge in [-0.1, -0.05) is 29.8 Å². The molecule has 0 radical (unpaired) electrons. The first-order valence-electron chi connectivity index (χ1n) is 8.09. The molecule has 126 valence electrons. The van der Waals surface area contributed by atoms with Crippen molar-refractivity contribution < 1.29 is 19.4 Å². The van der Waals surface area contributed by atoms with E-state index in [1.807, 2.05) is 0 Å². The van der Waals surface area contributed by atoms with Crippen LogP contribution in [0.4, 0.5) is 0 Å². The number of hydrogen-bond acceptors (Lipinski definition) is 3. The average molecular weight is 319 g/mol. The van der Waals surface area contributed by atoms with E-state index in [4.69, 9.17) is 9.84 Å². The second-order valence-electron chi connectivity index (χ2n) is 6.23. The molecular weight excluding hydrogens is 294 g/mol. The molecule has 0 bridgehead atoms. The van der Waals surface area contributed by atoms with Gasteiger partial charge >= 0.3 is 5.97 Å². The standard InChI is InChI=1S/C18H25NO4/c1-13-6-8-14(9-7-13)4-3-5-17(20)19-12-16(23-2)10-15(19)11-18(21)22/h6-9,15-16H,3-5,10-12H2,1-2H3,(H,21,22). The van der Waals surface area contributed by atoms with Gasteiger partial charge in [-0.25, -0.2) is 0 Å². The summed E-state index contributed by atoms with van der Waals surface area (Å²) in [6.45, 7) is 2.55. The third-order valence-electron chi connectivity index (χ3n) is 4.42. The summed E-state index contributed by atoms with van der Waals surface area (Å²) in [5.74, 6) is -0.841. The van der Waals surface area contributed by atoms with Crippen molar-refractivity contribution in [2.24, 2.45) is 0 Å². The number of aliphatic carboxylic acids is 1. The quantitative estimate of drug-likeness (QED) is 0.838. The van der Waals surface area contributed by atoms with Crippen LogP contribution in [-0.2, 0) is 20.7 Å². The lowest BCUT2D eigenvalue weighted by Gasteiger charge is -2.23. The van der Waals surface area contributed by atoms with E-state index in [0.29, 0.717) is 19.4 Å². The molecule has 0 aliphatic carbocycles. The molecule has 1 aliphatic heterocycles. The van der Waals surface area contributed by atoms with Crippen molar-refractivity contribution >= 4 is 11.9 Å². The lowest BCUT2D eigenvalue weighted by Crippen LogP contribution is -2.37. The summed E-state index contributed by atoms with van der Waals surface area (Å²) >= 11 is 0. The smallest absolute Gasteiger partial charge is 0.305 e. The summed E-state index contributed by atoms with van der Waals surface area (Å²) in [6, 6.07) is 8.07. The van der Waals surface area contributed by atoms with Crippen molar-refractivity contribution in [1.82, 2.24) is 4.90 Å². The highest BCUT2D eigenvalue weighted by Gasteiger charge is 2.36. The number of nitrogens with zero attached hydrogens (tertiary/aromatic N) is 1. The molecule has 2 rings (SSSR count). The van der Waals surface area contributed by atoms with E-state index in [9.17, 15) is 9.59 Å². The maximum Gasteiger partial charge on any atom is 0.305 e. The molecule has 1 N–H and O–H groups in total. The van der Waals surface area contributed by atoms with Crippen LogP contribution in [-0.4, -0.2) is 47.7 Å². The number of carboxylic acids is 1. The number of carboxylic acid groups (broad SMARTS) is 1. The highest BCUT2D eigenvalue weighted by molar-refractivity contribution is 5.78. The summed E-state index contributed by atoms with van der Waals surface area (Å²) in [5.41, 5.74) is 2.45. The van der Waals surface area contributed by atoms with E-state index in [-0.39, 0.29) is 24.5 Å². The second kappa shape index (κ2) is 8.11. The molecule has 1 fully saturated rings. The Labute approximate surface area is 137 Å². The molecule has 1 aromatic rings. The van der Waals surface area contributed by atoms with E-state index in [0.717, 1.165) is 12.8 Å². The molecule has 2 unspecified atom stereocenters. The number of carbonyl (C=O) groups excluding carboxylic acids is 1. The normalized spacial score (nSPS) is 20.7. The monoisotopic (exact) mass is 319 g/mol. The van der Waals surface area contributed by atoms with Gasteiger partial charge in [-0.3, -0.25) is 9.59 Å². The van der Waals surface area contributed by atoms with Crippen LogP contribution in [0.1, 0.15) is 36.8 Å². The fourth-order valence-corrected chi connectivity index (χ4v) is 3.09. The maximum absolute atomic E-state index is 12.4. The molecule has 0 aromatic heterocycles. The predicted molar refractivity (Wildman–Crippen MR) is 87.3 cm³/mol. The molecule has 0 saturated carbocycles. The van der Waals surface area contributed by atoms with Gasteiger partial charge in [0.25, 0.3) is 0 Å². The van der Waals surface area contributed by atoms with Crippen LogP contribution in [0, 0.1) is 6.92 Å². The minimum Gasteiger partial charge on any atom is -0.481 e. The second-order valence-corrected chi connectivity index (χ2v) is 6.23. The van der Waals surface area contributed by atoms with Crippen LogP contribution >= 0.6 is 0 Å². The van der Waals surface area contributed by atoms with Gasteiger partial charge in [-0.2, -0.15) is 0 Å². The number of likely N-dealkylation sites (tertiary alicyclic amines) is 1. The van der Waals surface area contributed by atoms with Crippen molar-refractivity contribution in [1.29, 1.82) is 0 Å². The minimum absolute atomic E-state index is 0.0104. The summed E-state index contributed by atoms with van der Waals surface area (Å²) in [4.78, 5) is 25.1. The van der Waals surface area contributed by atoms with Crippen molar-refractivity contribution in [3.8, 4) is 0 Å². The van der Waals surface area contributed by atoms with Crippen LogP contribution in [0.25, 0.3) is 0 Å². The topological polar surface area (TPSA) is 66.8 Å². The predicted octanol–water partition coefficient (Wildman–Crippen LogP) is 2.41. The highest BCUT2D eigenvalue weighted by Crippen LogP contribution is 2.24. The van der Waals surface area contributed by atoms with Gasteiger partial charge in [0.15, 0.2) is 0 Å². The van der Waals surface area contributed by atoms with Gasteiger partial charge in [-0.15, -0.1) is 0 Å². The largest absolute Gasteiger partial charge is 0.481 e. The van der Waals surface area contributed by atoms with Crippen LogP contribution in [0.2, 0.25) is 0 Å². The summed E-state index contributed by atoms with van der Waals surface area (Å²) < 4.78 is 5.30. The van der Waals surface area contributed by atoms with Crippen LogP contribution in [0.5, 0.6) is 0 Å². The number of aryl methyl sites for hydroxylation is 2. The molecule has 1 heterocycles. The fourth-order valence-electron chi connectivity index (χ4n) is 3.09. The average Bonchev–Trinajstić information content (AvgIpc) is 2.91. The summed E-state index contributed by atoms with van der Waals surface area (Å²) in [5, 5.41) is 9.00. The van der Waals surface area contributed by atoms with E-state index < -0.39 is 5.97 Å². The van der Waals surface area contributed by atoms with Crippen molar-refractivity contribution in [2.75, 3.05) is 13.7 Å². The lowest BCUT2D eigenvalue weighted by atomic mass is 10.1. The Balaban J connectivity index is 1.85. The number of amides is 1. The van der Waals surface area contributed by atoms with Crippen LogP contribution in [0.3, 0.4) is 0 Å². The van der Waals surface area contributed by atoms with Crippen molar-refractivity contribution in [3.05, 3.63) is 35.4 Å². The number of carbonyl (C=O) groups is 2. The SMILES string of the molecule is COC1CC(CC(=O)O)N(C(=O)CCCc2ccc(C)cc2)C1. The number of hydrogen-bond donors (Lipinski definition) is 1. The maximum atomic E-state index is 12.4. The molecule has 1 aliphatic rings. The Morgan fingerprint density at radius 2 is 2.00 bits per heavy atom. The molecule has 23 heavy (non-hydrogen) atoms. The van der Waals surface area contributed by atoms with Gasteiger partial charge in [0.1, 0.15) is 0 Å². The Kier molecular flexibility index (Phi) is 6.16. The summed E-state index contributed by atoms with van der Waals surface area (Å²) in [7, 11) is 1.61. The number of benzene rings is 1. The molecule has 5 nitrogen and oxygen atoms in total. The molecule has 1 saturated heterocycles. The van der Waals surface area contributed by atoms with Crippen molar-refractivity contribution in [2.45, 2.75) is 51.2 Å². The highest BCUT2D eigenvalue weighted by atomic mass is 16.5. The van der Waals surface area contributed by atoms with E-state index >= 15 is 0 Å². The fraction of sp³-hybridized carbons (Fsp3) is 0.556. The number of rotatable bonds is 7. The summed E-state index contributed by atoms with van der Waals surface area (Å²) in [6.07, 6.45) is 2.61. The molecule has 1 amide bonds. The first-order chi connectivity index (χ1) is 11.0. The van der Waals surface area contributed by atoms with Crippen molar-refractivity contribution in [3.63, 3.8) is 0 Å². The molecule has 1 aromatic carbocycles. The van der Waals surface area contributed by atoms with Crippen LogP contribution in [0.15, 0.2) is 24.3 Å². The molecular formula is C18H25NO4. The zero-order valence-corrected chi connectivity index (χ0v) is 13.8. The first kappa shape index (κ1) is 17.5. The molecule has 0 spiro atoms. The van der Waals surface area contributed by atoms with E-state index in [2.05, 4.69) is 31.2 Å². The van der Waals surface area contributed by atoms with E-state index in [1.165, 1.54) is 11.1 Å². The van der Waals surface area contributed by atoms with Gasteiger partial charge < -0.3 is 14.7 Å². The van der Waals surface area contributed by atoms with Gasteiger partial charge in [-0.05, 0) is 31.7 Å².